The molecule has 0 saturated carbocycles. The van der Waals surface area contributed by atoms with E-state index in [2.05, 4.69) is 11.9 Å². The van der Waals surface area contributed by atoms with Crippen LogP contribution in [0.5, 0.6) is 0 Å². The molecule has 0 aromatic carbocycles. The molecule has 1 spiro atoms. The number of carbonyl (C=O) groups excluding carboxylic acids is 3. The fourth-order valence-electron chi connectivity index (χ4n) is 3.55. The van der Waals surface area contributed by atoms with E-state index in [-0.39, 0.29) is 18.2 Å². The number of hydrogen-bond donors (Lipinski definition) is 1. The average molecular weight is 365 g/mol. The van der Waals surface area contributed by atoms with E-state index in [0.29, 0.717) is 38.9 Å². The SMILES string of the molecule is C=C(C)NCCCCCC(=O)N1CCC2(CC1)CN(CC(C)=O)C(=O)O2. The number of ether oxygens (including phenoxy) is 1. The predicted octanol–water partition coefficient (Wildman–Crippen LogP) is 2.07. The normalized spacial score (nSPS) is 18.8. The maximum Gasteiger partial charge on any atom is 0.410 e. The topological polar surface area (TPSA) is 79.0 Å². The number of nitrogens with one attached hydrogen (secondary N) is 1. The van der Waals surface area contributed by atoms with Crippen molar-refractivity contribution in [3.8, 4) is 0 Å². The van der Waals surface area contributed by atoms with E-state index in [4.69, 9.17) is 4.74 Å². The van der Waals surface area contributed by atoms with Crippen LogP contribution in [-0.4, -0.2) is 65.9 Å². The number of rotatable bonds is 9. The maximum absolute atomic E-state index is 12.3. The Labute approximate surface area is 155 Å². The van der Waals surface area contributed by atoms with Gasteiger partial charge in [0.05, 0.1) is 13.1 Å². The van der Waals surface area contributed by atoms with E-state index in [1.165, 1.54) is 11.8 Å². The van der Waals surface area contributed by atoms with Gasteiger partial charge >= 0.3 is 6.09 Å². The summed E-state index contributed by atoms with van der Waals surface area (Å²) in [4.78, 5) is 38.9. The zero-order valence-corrected chi connectivity index (χ0v) is 16.0. The summed E-state index contributed by atoms with van der Waals surface area (Å²) in [5.41, 5.74) is 0.440. The monoisotopic (exact) mass is 365 g/mol. The standard InChI is InChI=1S/C19H31N3O4/c1-15(2)20-10-6-4-5-7-17(24)21-11-8-19(9-12-21)14-22(13-16(3)23)18(25)26-19/h20H,1,4-14H2,2-3H3. The molecule has 0 atom stereocenters. The number of Topliss-reactive ketones (excluding diaryl/α,β-unsaturated/α-hetero) is 1. The van der Waals surface area contributed by atoms with Crippen LogP contribution < -0.4 is 5.32 Å². The summed E-state index contributed by atoms with van der Waals surface area (Å²) in [7, 11) is 0. The van der Waals surface area contributed by atoms with E-state index in [1.54, 1.807) is 0 Å². The minimum absolute atomic E-state index is 0.0509. The molecule has 7 nitrogen and oxygen atoms in total. The van der Waals surface area contributed by atoms with Crippen molar-refractivity contribution in [3.05, 3.63) is 12.3 Å². The molecule has 2 amide bonds. The van der Waals surface area contributed by atoms with Crippen LogP contribution in [0.15, 0.2) is 12.3 Å². The number of allylic oxidation sites excluding steroid dienone is 1. The lowest BCUT2D eigenvalue weighted by molar-refractivity contribution is -0.134. The third-order valence-electron chi connectivity index (χ3n) is 4.98. The average Bonchev–Trinajstić information content (AvgIpc) is 2.85. The molecule has 0 aliphatic carbocycles. The van der Waals surface area contributed by atoms with Gasteiger partial charge in [-0.25, -0.2) is 4.79 Å². The van der Waals surface area contributed by atoms with Gasteiger partial charge in [-0.1, -0.05) is 13.0 Å². The third kappa shape index (κ3) is 5.75. The predicted molar refractivity (Wildman–Crippen MR) is 98.6 cm³/mol. The van der Waals surface area contributed by atoms with Crippen LogP contribution in [0.3, 0.4) is 0 Å². The van der Waals surface area contributed by atoms with Crippen LogP contribution in [0, 0.1) is 0 Å². The second-order valence-electron chi connectivity index (χ2n) is 7.51. The minimum atomic E-state index is -0.530. The van der Waals surface area contributed by atoms with E-state index < -0.39 is 11.7 Å². The summed E-state index contributed by atoms with van der Waals surface area (Å²) in [6, 6.07) is 0. The zero-order chi connectivity index (χ0) is 19.2. The number of unbranched alkanes of at least 4 members (excludes halogenated alkanes) is 2. The molecule has 2 aliphatic rings. The van der Waals surface area contributed by atoms with Gasteiger partial charge < -0.3 is 15.0 Å². The molecule has 26 heavy (non-hydrogen) atoms. The molecule has 0 aromatic rings. The number of carbonyl (C=O) groups is 3. The van der Waals surface area contributed by atoms with Crippen LogP contribution in [0.4, 0.5) is 4.79 Å². The Hall–Kier alpha value is -2.05. The van der Waals surface area contributed by atoms with Crippen LogP contribution in [0.2, 0.25) is 0 Å². The summed E-state index contributed by atoms with van der Waals surface area (Å²) < 4.78 is 5.56. The largest absolute Gasteiger partial charge is 0.441 e. The molecular weight excluding hydrogens is 334 g/mol. The van der Waals surface area contributed by atoms with Crippen molar-refractivity contribution < 1.29 is 19.1 Å². The summed E-state index contributed by atoms with van der Waals surface area (Å²) in [6.45, 7) is 9.86. The van der Waals surface area contributed by atoms with Crippen molar-refractivity contribution >= 4 is 17.8 Å². The zero-order valence-electron chi connectivity index (χ0n) is 16.0. The highest BCUT2D eigenvalue weighted by atomic mass is 16.6. The van der Waals surface area contributed by atoms with E-state index in [1.807, 2.05) is 11.8 Å². The number of hydrogen-bond acceptors (Lipinski definition) is 5. The van der Waals surface area contributed by atoms with Crippen LogP contribution >= 0.6 is 0 Å². The first-order valence-corrected chi connectivity index (χ1v) is 9.46. The number of nitrogens with zero attached hydrogens (tertiary/aromatic N) is 2. The van der Waals surface area contributed by atoms with Gasteiger partial charge in [-0.15, -0.1) is 0 Å². The molecule has 2 saturated heterocycles. The van der Waals surface area contributed by atoms with Gasteiger partial charge in [0.1, 0.15) is 11.4 Å². The van der Waals surface area contributed by atoms with Crippen molar-refractivity contribution in [1.82, 2.24) is 15.1 Å². The van der Waals surface area contributed by atoms with Gasteiger partial charge in [0.15, 0.2) is 0 Å². The fourth-order valence-corrected chi connectivity index (χ4v) is 3.55. The maximum atomic E-state index is 12.3. The van der Waals surface area contributed by atoms with Gasteiger partial charge in [-0.3, -0.25) is 14.5 Å². The Morgan fingerprint density at radius 3 is 2.50 bits per heavy atom. The van der Waals surface area contributed by atoms with E-state index in [0.717, 1.165) is 31.5 Å². The highest BCUT2D eigenvalue weighted by Gasteiger charge is 2.47. The van der Waals surface area contributed by atoms with Gasteiger partial charge in [-0.05, 0) is 26.7 Å². The van der Waals surface area contributed by atoms with Gasteiger partial charge in [-0.2, -0.15) is 0 Å². The van der Waals surface area contributed by atoms with Crippen molar-refractivity contribution in [2.75, 3.05) is 32.7 Å². The lowest BCUT2D eigenvalue weighted by atomic mass is 9.91. The first kappa shape index (κ1) is 20.3. The Morgan fingerprint density at radius 2 is 1.88 bits per heavy atom. The number of amides is 2. The quantitative estimate of drug-likeness (QED) is 0.633. The smallest absolute Gasteiger partial charge is 0.410 e. The first-order chi connectivity index (χ1) is 12.3. The lowest BCUT2D eigenvalue weighted by Gasteiger charge is -2.37. The summed E-state index contributed by atoms with van der Waals surface area (Å²) >= 11 is 0. The molecule has 0 aromatic heterocycles. The van der Waals surface area contributed by atoms with Crippen LogP contribution in [0.1, 0.15) is 52.4 Å². The highest BCUT2D eigenvalue weighted by Crippen LogP contribution is 2.33. The van der Waals surface area contributed by atoms with Crippen molar-refractivity contribution in [3.63, 3.8) is 0 Å². The Morgan fingerprint density at radius 1 is 1.19 bits per heavy atom. The molecule has 2 fully saturated rings. The van der Waals surface area contributed by atoms with Crippen molar-refractivity contribution in [2.24, 2.45) is 0 Å². The third-order valence-corrected chi connectivity index (χ3v) is 4.98. The lowest BCUT2D eigenvalue weighted by Crippen LogP contribution is -2.48. The number of piperidine rings is 1. The molecule has 7 heteroatoms. The molecule has 1 N–H and O–H groups in total. The molecule has 0 bridgehead atoms. The van der Waals surface area contributed by atoms with Gasteiger partial charge in [0.25, 0.3) is 0 Å². The Kier molecular flexibility index (Phi) is 7.06. The Bertz CT molecular complexity index is 553. The summed E-state index contributed by atoms with van der Waals surface area (Å²) in [5.74, 6) is 0.127. The second-order valence-corrected chi connectivity index (χ2v) is 7.51. The van der Waals surface area contributed by atoms with Gasteiger partial charge in [0, 0.05) is 44.6 Å². The Balaban J connectivity index is 1.68. The molecule has 2 heterocycles. The van der Waals surface area contributed by atoms with Crippen molar-refractivity contribution in [1.29, 1.82) is 0 Å². The van der Waals surface area contributed by atoms with Crippen LogP contribution in [0.25, 0.3) is 0 Å². The van der Waals surface area contributed by atoms with Crippen LogP contribution in [-0.2, 0) is 14.3 Å². The summed E-state index contributed by atoms with van der Waals surface area (Å²) in [5, 5.41) is 3.19. The fraction of sp³-hybridized carbons (Fsp3) is 0.737. The second kappa shape index (κ2) is 9.05. The van der Waals surface area contributed by atoms with Crippen molar-refractivity contribution in [2.45, 2.75) is 58.0 Å². The summed E-state index contributed by atoms with van der Waals surface area (Å²) in [6.07, 6.45) is 4.37. The molecule has 2 aliphatic heterocycles. The minimum Gasteiger partial charge on any atom is -0.441 e. The number of likely N-dealkylation sites (tertiary alicyclic amines) is 1. The first-order valence-electron chi connectivity index (χ1n) is 9.46. The molecule has 0 radical (unpaired) electrons. The van der Waals surface area contributed by atoms with Gasteiger partial charge in [0.2, 0.25) is 5.91 Å². The molecule has 2 rings (SSSR count). The van der Waals surface area contributed by atoms with E-state index >= 15 is 0 Å². The molecule has 146 valence electrons. The molecule has 0 unspecified atom stereocenters. The number of ketones is 1. The molecular formula is C19H31N3O4. The highest BCUT2D eigenvalue weighted by molar-refractivity contribution is 5.83. The van der Waals surface area contributed by atoms with E-state index in [9.17, 15) is 14.4 Å².